The lowest BCUT2D eigenvalue weighted by Gasteiger charge is -2.11. The average molecular weight is 350 g/mol. The van der Waals surface area contributed by atoms with Crippen LogP contribution in [0.15, 0.2) is 30.9 Å². The van der Waals surface area contributed by atoms with Gasteiger partial charge in [0.15, 0.2) is 5.65 Å². The predicted octanol–water partition coefficient (Wildman–Crippen LogP) is 1.32. The molecule has 0 spiro atoms. The van der Waals surface area contributed by atoms with Gasteiger partial charge in [-0.2, -0.15) is 20.4 Å². The van der Waals surface area contributed by atoms with Gasteiger partial charge in [-0.15, -0.1) is 0 Å². The van der Waals surface area contributed by atoms with Gasteiger partial charge in [-0.25, -0.2) is 0 Å². The first kappa shape index (κ1) is 14.8. The number of hydrogen-bond donors (Lipinski definition) is 1. The molecular weight excluding hydrogens is 332 g/mol. The molecule has 0 aliphatic heterocycles. The summed E-state index contributed by atoms with van der Waals surface area (Å²) in [5.74, 6) is 0.915. The fourth-order valence-corrected chi connectivity index (χ4v) is 3.45. The maximum atomic E-state index is 4.51. The normalized spacial score (nSPS) is 11.8. The molecule has 26 heavy (non-hydrogen) atoms. The van der Waals surface area contributed by atoms with Crippen LogP contribution in [-0.2, 0) is 28.2 Å². The van der Waals surface area contributed by atoms with Crippen molar-refractivity contribution in [2.45, 2.75) is 0 Å². The Labute approximate surface area is 147 Å². The highest BCUT2D eigenvalue weighted by Crippen LogP contribution is 2.26. The van der Waals surface area contributed by atoms with Crippen LogP contribution in [0.25, 0.3) is 39.0 Å². The minimum absolute atomic E-state index is 0.864. The van der Waals surface area contributed by atoms with E-state index in [1.54, 1.807) is 6.20 Å². The maximum Gasteiger partial charge on any atom is 0.154 e. The zero-order valence-corrected chi connectivity index (χ0v) is 14.9. The minimum atomic E-state index is 0.864. The monoisotopic (exact) mass is 350 g/mol. The summed E-state index contributed by atoms with van der Waals surface area (Å²) in [6.07, 6.45) is 7.34. The Kier molecular flexibility index (Phi) is 2.82. The zero-order chi connectivity index (χ0) is 18.0. The van der Waals surface area contributed by atoms with E-state index in [0.717, 1.165) is 39.0 Å². The highest BCUT2D eigenvalue weighted by atomic mass is 15.4. The van der Waals surface area contributed by atoms with Gasteiger partial charge >= 0.3 is 0 Å². The molecule has 5 aromatic heterocycles. The Hall–Kier alpha value is -3.56. The molecule has 0 amide bonds. The highest BCUT2D eigenvalue weighted by Gasteiger charge is 2.16. The molecule has 1 N–H and O–H groups in total. The molecule has 0 saturated heterocycles. The fourth-order valence-electron chi connectivity index (χ4n) is 3.45. The van der Waals surface area contributed by atoms with Crippen molar-refractivity contribution in [2.75, 3.05) is 0 Å². The molecule has 0 unspecified atom stereocenters. The summed E-state index contributed by atoms with van der Waals surface area (Å²) in [7, 11) is 7.68. The highest BCUT2D eigenvalue weighted by molar-refractivity contribution is 6.02. The molecule has 0 fully saturated rings. The van der Waals surface area contributed by atoms with Crippen molar-refractivity contribution in [2.24, 2.45) is 28.2 Å². The molecule has 0 saturated carbocycles. The SMILES string of the molecule is Cn1nccc1-n1c2cnn(C)c2[nH]c2c(cnn2C)c2cnn(C)c21. The van der Waals surface area contributed by atoms with Crippen molar-refractivity contribution in [1.82, 2.24) is 48.7 Å². The summed E-state index contributed by atoms with van der Waals surface area (Å²) in [5, 5.41) is 19.7. The van der Waals surface area contributed by atoms with E-state index in [2.05, 4.69) is 29.9 Å². The van der Waals surface area contributed by atoms with Crippen LogP contribution in [0.5, 0.6) is 0 Å². The van der Waals surface area contributed by atoms with E-state index < -0.39 is 0 Å². The lowest BCUT2D eigenvalue weighted by molar-refractivity contribution is 0.723. The Balaban J connectivity index is 2.19. The van der Waals surface area contributed by atoms with Crippen molar-refractivity contribution < 1.29 is 0 Å². The third-order valence-electron chi connectivity index (χ3n) is 4.77. The van der Waals surface area contributed by atoms with Gasteiger partial charge in [0, 0.05) is 39.6 Å². The van der Waals surface area contributed by atoms with Gasteiger partial charge in [0.25, 0.3) is 0 Å². The molecule has 5 aromatic rings. The van der Waals surface area contributed by atoms with E-state index in [0.29, 0.717) is 0 Å². The van der Waals surface area contributed by atoms with Gasteiger partial charge in [-0.1, -0.05) is 0 Å². The second-order valence-electron chi connectivity index (χ2n) is 6.31. The quantitative estimate of drug-likeness (QED) is 0.493. The van der Waals surface area contributed by atoms with Gasteiger partial charge in [0.1, 0.15) is 22.6 Å². The minimum Gasteiger partial charge on any atom is -0.323 e. The predicted molar refractivity (Wildman–Crippen MR) is 97.3 cm³/mol. The van der Waals surface area contributed by atoms with Crippen LogP contribution in [-0.4, -0.2) is 48.7 Å². The van der Waals surface area contributed by atoms with Gasteiger partial charge in [-0.05, 0) is 0 Å². The molecular formula is C16H18N10. The smallest absolute Gasteiger partial charge is 0.154 e. The summed E-state index contributed by atoms with van der Waals surface area (Å²) in [6.45, 7) is 0. The van der Waals surface area contributed by atoms with Gasteiger partial charge in [0.05, 0.1) is 30.2 Å². The van der Waals surface area contributed by atoms with E-state index in [4.69, 9.17) is 0 Å². The first-order valence-corrected chi connectivity index (χ1v) is 8.17. The molecule has 0 bridgehead atoms. The first-order valence-electron chi connectivity index (χ1n) is 8.17. The second-order valence-corrected chi connectivity index (χ2v) is 6.31. The number of rotatable bonds is 1. The van der Waals surface area contributed by atoms with Crippen LogP contribution in [0.2, 0.25) is 0 Å². The molecule has 0 atom stereocenters. The number of aromatic nitrogens is 10. The molecule has 0 aromatic carbocycles. The van der Waals surface area contributed by atoms with Crippen molar-refractivity contribution in [1.29, 1.82) is 0 Å². The van der Waals surface area contributed by atoms with E-state index in [-0.39, 0.29) is 0 Å². The standard InChI is InChI=1S/C16H18N10/c1-22-13(5-6-17-22)26-12-9-20-24(3)15(12)21-14-10(7-18-23(14)2)11-8-19-25(4)16(11)26/h5-9,21H,1-4H3. The van der Waals surface area contributed by atoms with Crippen LogP contribution in [0.1, 0.15) is 0 Å². The molecule has 5 heterocycles. The van der Waals surface area contributed by atoms with Crippen LogP contribution in [0.3, 0.4) is 0 Å². The van der Waals surface area contributed by atoms with E-state index in [9.17, 15) is 0 Å². The van der Waals surface area contributed by atoms with Crippen LogP contribution in [0, 0.1) is 0 Å². The van der Waals surface area contributed by atoms with Crippen LogP contribution in [0.4, 0.5) is 0 Å². The number of nitrogens with one attached hydrogen (secondary N) is 1. The van der Waals surface area contributed by atoms with Gasteiger partial charge in [-0.3, -0.25) is 23.3 Å². The van der Waals surface area contributed by atoms with E-state index in [1.165, 1.54) is 0 Å². The maximum absolute atomic E-state index is 4.51. The second kappa shape index (κ2) is 4.97. The molecule has 0 radical (unpaired) electrons. The number of fused-ring (bicyclic) bond motifs is 4. The Morgan fingerprint density at radius 2 is 1.42 bits per heavy atom. The first-order chi connectivity index (χ1) is 12.6. The zero-order valence-electron chi connectivity index (χ0n) is 14.9. The van der Waals surface area contributed by atoms with Crippen LogP contribution < -0.4 is 0 Å². The van der Waals surface area contributed by atoms with Gasteiger partial charge < -0.3 is 4.98 Å². The number of aromatic amines is 1. The summed E-state index contributed by atoms with van der Waals surface area (Å²) in [5.41, 5.74) is 3.60. The number of H-pyrrole nitrogens is 1. The Morgan fingerprint density at radius 3 is 2.19 bits per heavy atom. The number of nitrogens with zero attached hydrogens (tertiary/aromatic N) is 9. The van der Waals surface area contributed by atoms with Crippen molar-refractivity contribution in [3.63, 3.8) is 0 Å². The lowest BCUT2D eigenvalue weighted by atomic mass is 10.3. The summed E-state index contributed by atoms with van der Waals surface area (Å²) in [4.78, 5) is 3.49. The molecule has 0 aliphatic rings. The molecule has 10 nitrogen and oxygen atoms in total. The Morgan fingerprint density at radius 1 is 0.731 bits per heavy atom. The number of aryl methyl sites for hydroxylation is 4. The van der Waals surface area contributed by atoms with Crippen molar-refractivity contribution in [3.05, 3.63) is 30.9 Å². The molecule has 5 rings (SSSR count). The third kappa shape index (κ3) is 1.80. The molecule has 10 heteroatoms. The lowest BCUT2D eigenvalue weighted by Crippen LogP contribution is -2.08. The summed E-state index contributed by atoms with van der Waals surface area (Å²) < 4.78 is 9.45. The summed E-state index contributed by atoms with van der Waals surface area (Å²) >= 11 is 0. The fraction of sp³-hybridized carbons (Fsp3) is 0.250. The largest absolute Gasteiger partial charge is 0.323 e. The van der Waals surface area contributed by atoms with E-state index >= 15 is 0 Å². The molecule has 132 valence electrons. The Bertz CT molecular complexity index is 1330. The van der Waals surface area contributed by atoms with Crippen LogP contribution >= 0.6 is 0 Å². The average Bonchev–Trinajstić information content (AvgIpc) is 3.35. The molecule has 0 aliphatic carbocycles. The third-order valence-corrected chi connectivity index (χ3v) is 4.77. The van der Waals surface area contributed by atoms with E-state index in [1.807, 2.05) is 71.6 Å². The van der Waals surface area contributed by atoms with Gasteiger partial charge in [0.2, 0.25) is 0 Å². The number of hydrogen-bond acceptors (Lipinski definition) is 4. The van der Waals surface area contributed by atoms with Crippen molar-refractivity contribution in [3.8, 4) is 5.82 Å². The van der Waals surface area contributed by atoms with Crippen molar-refractivity contribution >= 4 is 33.2 Å². The topological polar surface area (TPSA) is 92.0 Å². The summed E-state index contributed by atoms with van der Waals surface area (Å²) in [6, 6.07) is 1.97.